The number of carbonyl (C=O) groups is 3. The lowest BCUT2D eigenvalue weighted by molar-refractivity contribution is -0.117. The summed E-state index contributed by atoms with van der Waals surface area (Å²) in [6.07, 6.45) is 3.30. The van der Waals surface area contributed by atoms with Crippen LogP contribution in [-0.4, -0.2) is 42.4 Å². The summed E-state index contributed by atoms with van der Waals surface area (Å²) in [5.41, 5.74) is 0. The molecule has 0 aromatic heterocycles. The van der Waals surface area contributed by atoms with Gasteiger partial charge < -0.3 is 14.9 Å². The Bertz CT molecular complexity index is 221. The van der Waals surface area contributed by atoms with Gasteiger partial charge in [0.15, 0.2) is 0 Å². The molecule has 0 aliphatic rings. The Morgan fingerprint density at radius 2 is 2.12 bits per heavy atom. The van der Waals surface area contributed by atoms with Gasteiger partial charge in [0.05, 0.1) is 0 Å². The van der Waals surface area contributed by atoms with Crippen LogP contribution in [0, 0.1) is 0 Å². The van der Waals surface area contributed by atoms with Crippen LogP contribution in [0.4, 0.5) is 0 Å². The minimum Gasteiger partial charge on any atom is -0.315 e. The Morgan fingerprint density at radius 1 is 1.38 bits per heavy atom. The summed E-state index contributed by atoms with van der Waals surface area (Å²) in [5.74, 6) is 0.907. The van der Waals surface area contributed by atoms with Crippen molar-refractivity contribution in [2.45, 2.75) is 31.4 Å². The van der Waals surface area contributed by atoms with Crippen LogP contribution in [0.25, 0.3) is 0 Å². The Morgan fingerprint density at radius 3 is 2.69 bits per heavy atom. The van der Waals surface area contributed by atoms with E-state index in [9.17, 15) is 14.4 Å². The summed E-state index contributed by atoms with van der Waals surface area (Å²) >= 11 is 1.62. The molecular weight excluding hydrogens is 226 g/mol. The van der Waals surface area contributed by atoms with E-state index in [1.165, 1.54) is 0 Å². The molecule has 0 aromatic carbocycles. The molecule has 4 nitrogen and oxygen atoms in total. The lowest BCUT2D eigenvalue weighted by Crippen LogP contribution is -2.27. The van der Waals surface area contributed by atoms with Crippen molar-refractivity contribution in [3.63, 3.8) is 0 Å². The number of aldehydes is 2. The molecule has 0 aliphatic heterocycles. The Kier molecular flexibility index (Phi) is 10.4. The second-order valence-electron chi connectivity index (χ2n) is 3.51. The number of nitrogens with one attached hydrogen (secondary N) is 1. The zero-order chi connectivity index (χ0) is 12.2. The predicted octanol–water partition coefficient (Wildman–Crippen LogP) is 0.835. The first-order chi connectivity index (χ1) is 7.70. The van der Waals surface area contributed by atoms with Crippen molar-refractivity contribution in [3.8, 4) is 0 Å². The molecular formula is C11H19NO3S. The third kappa shape index (κ3) is 9.86. The molecule has 5 heteroatoms. The van der Waals surface area contributed by atoms with E-state index >= 15 is 0 Å². The number of Topliss-reactive ketones (excluding diaryl/α,β-unsaturated/α-hetero) is 1. The highest BCUT2D eigenvalue weighted by atomic mass is 32.2. The van der Waals surface area contributed by atoms with Crippen molar-refractivity contribution in [1.29, 1.82) is 0 Å². The van der Waals surface area contributed by atoms with Gasteiger partial charge in [-0.3, -0.25) is 4.79 Å². The van der Waals surface area contributed by atoms with Crippen LogP contribution in [0.5, 0.6) is 0 Å². The molecule has 0 aliphatic carbocycles. The number of rotatable bonds is 11. The van der Waals surface area contributed by atoms with Crippen molar-refractivity contribution in [2.24, 2.45) is 0 Å². The van der Waals surface area contributed by atoms with Crippen LogP contribution in [0.15, 0.2) is 0 Å². The minimum absolute atomic E-state index is 0.160. The summed E-state index contributed by atoms with van der Waals surface area (Å²) in [4.78, 5) is 31.3. The smallest absolute Gasteiger partial charge is 0.131 e. The van der Waals surface area contributed by atoms with Gasteiger partial charge in [-0.2, -0.15) is 11.8 Å². The molecule has 0 radical (unpaired) electrons. The fraction of sp³-hybridized carbons (Fsp3) is 0.727. The van der Waals surface area contributed by atoms with Crippen LogP contribution in [0.1, 0.15) is 26.2 Å². The SMILES string of the molecule is CC(=O)CCNCC(CC=O)SCCC=O. The van der Waals surface area contributed by atoms with E-state index in [0.29, 0.717) is 32.4 Å². The second kappa shape index (κ2) is 10.8. The summed E-state index contributed by atoms with van der Waals surface area (Å²) in [7, 11) is 0. The van der Waals surface area contributed by atoms with Gasteiger partial charge in [0.25, 0.3) is 0 Å². The summed E-state index contributed by atoms with van der Waals surface area (Å²) in [6.45, 7) is 2.91. The van der Waals surface area contributed by atoms with Gasteiger partial charge >= 0.3 is 0 Å². The standard InChI is InChI=1S/C11H19NO3S/c1-10(15)3-5-12-9-11(4-7-14)16-8-2-6-13/h6-7,11-12H,2-5,8-9H2,1H3. The van der Waals surface area contributed by atoms with E-state index in [2.05, 4.69) is 5.32 Å². The Labute approximate surface area is 101 Å². The molecule has 0 amide bonds. The van der Waals surface area contributed by atoms with Gasteiger partial charge in [0.1, 0.15) is 18.4 Å². The maximum Gasteiger partial charge on any atom is 0.131 e. The van der Waals surface area contributed by atoms with Gasteiger partial charge in [-0.15, -0.1) is 0 Å². The maximum absolute atomic E-state index is 10.7. The minimum atomic E-state index is 0.160. The fourth-order valence-electron chi connectivity index (χ4n) is 1.13. The van der Waals surface area contributed by atoms with Crippen molar-refractivity contribution in [1.82, 2.24) is 5.32 Å². The van der Waals surface area contributed by atoms with Gasteiger partial charge in [-0.25, -0.2) is 0 Å². The molecule has 1 unspecified atom stereocenters. The maximum atomic E-state index is 10.7. The third-order valence-corrected chi connectivity index (χ3v) is 3.28. The van der Waals surface area contributed by atoms with Crippen molar-refractivity contribution in [3.05, 3.63) is 0 Å². The molecule has 0 saturated heterocycles. The summed E-state index contributed by atoms with van der Waals surface area (Å²) in [5, 5.41) is 3.34. The van der Waals surface area contributed by atoms with Gasteiger partial charge in [-0.05, 0) is 6.92 Å². The quantitative estimate of drug-likeness (QED) is 0.431. The fourth-order valence-corrected chi connectivity index (χ4v) is 2.14. The number of carbonyl (C=O) groups excluding carboxylic acids is 3. The first kappa shape index (κ1) is 15.3. The van der Waals surface area contributed by atoms with Crippen molar-refractivity contribution < 1.29 is 14.4 Å². The number of hydrogen-bond donors (Lipinski definition) is 1. The van der Waals surface area contributed by atoms with E-state index < -0.39 is 0 Å². The number of hydrogen-bond acceptors (Lipinski definition) is 5. The Hall–Kier alpha value is -0.680. The van der Waals surface area contributed by atoms with Gasteiger partial charge in [0, 0.05) is 43.4 Å². The molecule has 0 bridgehead atoms. The highest BCUT2D eigenvalue weighted by Crippen LogP contribution is 2.13. The monoisotopic (exact) mass is 245 g/mol. The average molecular weight is 245 g/mol. The zero-order valence-corrected chi connectivity index (χ0v) is 10.4. The van der Waals surface area contributed by atoms with Crippen LogP contribution in [0.2, 0.25) is 0 Å². The van der Waals surface area contributed by atoms with E-state index in [4.69, 9.17) is 0 Å². The molecule has 0 rings (SSSR count). The highest BCUT2D eigenvalue weighted by molar-refractivity contribution is 7.99. The summed E-state index contributed by atoms with van der Waals surface area (Å²) in [6, 6.07) is 0. The van der Waals surface area contributed by atoms with Crippen LogP contribution in [0.3, 0.4) is 0 Å². The summed E-state index contributed by atoms with van der Waals surface area (Å²) < 4.78 is 0. The largest absolute Gasteiger partial charge is 0.315 e. The first-order valence-electron chi connectivity index (χ1n) is 5.39. The predicted molar refractivity (Wildman–Crippen MR) is 65.8 cm³/mol. The van der Waals surface area contributed by atoms with Crippen molar-refractivity contribution in [2.75, 3.05) is 18.8 Å². The van der Waals surface area contributed by atoms with E-state index in [1.807, 2.05) is 0 Å². The zero-order valence-electron chi connectivity index (χ0n) is 9.61. The van der Waals surface area contributed by atoms with Crippen LogP contribution >= 0.6 is 11.8 Å². The lowest BCUT2D eigenvalue weighted by Gasteiger charge is -2.13. The molecule has 0 fully saturated rings. The van der Waals surface area contributed by atoms with E-state index in [0.717, 1.165) is 18.3 Å². The van der Waals surface area contributed by atoms with E-state index in [1.54, 1.807) is 18.7 Å². The topological polar surface area (TPSA) is 63.2 Å². The van der Waals surface area contributed by atoms with Crippen LogP contribution in [-0.2, 0) is 14.4 Å². The van der Waals surface area contributed by atoms with Gasteiger partial charge in [0.2, 0.25) is 0 Å². The lowest BCUT2D eigenvalue weighted by atomic mass is 10.3. The average Bonchev–Trinajstić information content (AvgIpc) is 2.24. The molecule has 0 heterocycles. The van der Waals surface area contributed by atoms with Gasteiger partial charge in [-0.1, -0.05) is 0 Å². The molecule has 0 saturated carbocycles. The van der Waals surface area contributed by atoms with E-state index in [-0.39, 0.29) is 11.0 Å². The molecule has 1 atom stereocenters. The second-order valence-corrected chi connectivity index (χ2v) is 4.91. The third-order valence-electron chi connectivity index (χ3n) is 1.97. The molecule has 92 valence electrons. The Balaban J connectivity index is 3.62. The molecule has 0 spiro atoms. The normalized spacial score (nSPS) is 12.1. The first-order valence-corrected chi connectivity index (χ1v) is 6.44. The molecule has 0 aromatic rings. The number of ketones is 1. The highest BCUT2D eigenvalue weighted by Gasteiger charge is 2.07. The number of thioether (sulfide) groups is 1. The molecule has 16 heavy (non-hydrogen) atoms. The van der Waals surface area contributed by atoms with Crippen LogP contribution < -0.4 is 5.32 Å². The molecule has 1 N–H and O–H groups in total. The van der Waals surface area contributed by atoms with Crippen molar-refractivity contribution >= 4 is 30.1 Å².